The highest BCUT2D eigenvalue weighted by atomic mass is 15.3. The predicted molar refractivity (Wildman–Crippen MR) is 62.9 cm³/mol. The highest BCUT2D eigenvalue weighted by molar-refractivity contribution is 4.91. The van der Waals surface area contributed by atoms with E-state index in [4.69, 9.17) is 0 Å². The van der Waals surface area contributed by atoms with Crippen LogP contribution in [-0.4, -0.2) is 35.0 Å². The van der Waals surface area contributed by atoms with E-state index in [0.717, 1.165) is 13.2 Å². The van der Waals surface area contributed by atoms with Crippen LogP contribution in [0.5, 0.6) is 0 Å². The predicted octanol–water partition coefficient (Wildman–Crippen LogP) is 1.93. The quantitative estimate of drug-likeness (QED) is 0.685. The van der Waals surface area contributed by atoms with Crippen molar-refractivity contribution in [3.63, 3.8) is 0 Å². The monoisotopic (exact) mass is 203 g/mol. The molecule has 80 valence electrons. The van der Waals surface area contributed by atoms with Gasteiger partial charge in [-0.1, -0.05) is 12.1 Å². The first-order valence-electron chi connectivity index (χ1n) is 4.91. The second-order valence-corrected chi connectivity index (χ2v) is 3.28. The first-order valence-corrected chi connectivity index (χ1v) is 4.91. The third-order valence-corrected chi connectivity index (χ3v) is 1.87. The molecule has 0 bridgehead atoms. The molecule has 0 fully saturated rings. The Morgan fingerprint density at radius 1 is 1.27 bits per heavy atom. The van der Waals surface area contributed by atoms with Crippen LogP contribution in [0.3, 0.4) is 0 Å². The van der Waals surface area contributed by atoms with Gasteiger partial charge in [0.25, 0.3) is 0 Å². The Balaban J connectivity index is 0.000000162. The van der Waals surface area contributed by atoms with Crippen LogP contribution in [0.15, 0.2) is 55.6 Å². The molecule has 1 aliphatic rings. The first kappa shape index (κ1) is 11.3. The highest BCUT2D eigenvalue weighted by Gasteiger charge is 2.04. The maximum absolute atomic E-state index is 3.78. The maximum Gasteiger partial charge on any atom is 0.0894 e. The van der Waals surface area contributed by atoms with Gasteiger partial charge in [-0.3, -0.25) is 4.98 Å². The minimum Gasteiger partial charge on any atom is -0.362 e. The van der Waals surface area contributed by atoms with E-state index >= 15 is 0 Å². The molecular weight excluding hydrogens is 186 g/mol. The summed E-state index contributed by atoms with van der Waals surface area (Å²) in [6.07, 6.45) is 9.54. The molecule has 1 aliphatic heterocycles. The minimum atomic E-state index is 0.945. The third-order valence-electron chi connectivity index (χ3n) is 1.87. The van der Waals surface area contributed by atoms with E-state index in [9.17, 15) is 0 Å². The van der Waals surface area contributed by atoms with Gasteiger partial charge >= 0.3 is 0 Å². The summed E-state index contributed by atoms with van der Waals surface area (Å²) in [5.41, 5.74) is 0. The highest BCUT2D eigenvalue weighted by Crippen LogP contribution is 2.01. The molecule has 2 rings (SSSR count). The molecule has 0 atom stereocenters. The molecule has 1 aromatic rings. The number of hydrogen-bond donors (Lipinski definition) is 0. The lowest BCUT2D eigenvalue weighted by molar-refractivity contribution is 0.318. The topological polar surface area (TPSA) is 19.4 Å². The van der Waals surface area contributed by atoms with Crippen LogP contribution in [0.1, 0.15) is 0 Å². The second-order valence-electron chi connectivity index (χ2n) is 3.28. The average molecular weight is 203 g/mol. The van der Waals surface area contributed by atoms with Crippen molar-refractivity contribution in [2.24, 2.45) is 0 Å². The molecule has 0 amide bonds. The van der Waals surface area contributed by atoms with Gasteiger partial charge in [0.05, 0.1) is 6.67 Å². The van der Waals surface area contributed by atoms with Gasteiger partial charge in [-0.15, -0.1) is 6.58 Å². The molecule has 0 unspecified atom stereocenters. The van der Waals surface area contributed by atoms with Crippen molar-refractivity contribution >= 4 is 0 Å². The molecule has 0 aromatic carbocycles. The van der Waals surface area contributed by atoms with Crippen molar-refractivity contribution in [1.29, 1.82) is 0 Å². The fraction of sp³-hybridized carbons (Fsp3) is 0.250. The molecule has 0 saturated carbocycles. The largest absolute Gasteiger partial charge is 0.362 e. The summed E-state index contributed by atoms with van der Waals surface area (Å²) >= 11 is 0. The van der Waals surface area contributed by atoms with Crippen LogP contribution in [-0.2, 0) is 0 Å². The van der Waals surface area contributed by atoms with Gasteiger partial charge in [-0.05, 0) is 12.1 Å². The standard InChI is InChI=1S/C7H12N2.C5H5N/c1-3-4-9-6-5-8(2)7-9;1-2-4-6-5-3-1/h3,5-6H,1,4,7H2,2H3;1-5H. The lowest BCUT2D eigenvalue weighted by atomic mass is 10.5. The second kappa shape index (κ2) is 6.65. The number of hydrogen-bond acceptors (Lipinski definition) is 3. The molecule has 1 aromatic heterocycles. The first-order chi connectivity index (χ1) is 7.33. The number of rotatable bonds is 2. The fourth-order valence-electron chi connectivity index (χ4n) is 1.19. The Labute approximate surface area is 91.3 Å². The van der Waals surface area contributed by atoms with Crippen molar-refractivity contribution in [2.75, 3.05) is 20.3 Å². The molecule has 3 heteroatoms. The third kappa shape index (κ3) is 4.86. The summed E-state index contributed by atoms with van der Waals surface area (Å²) in [7, 11) is 2.06. The van der Waals surface area contributed by atoms with Gasteiger partial charge in [0, 0.05) is 38.4 Å². The average Bonchev–Trinajstić information content (AvgIpc) is 2.68. The molecule has 0 saturated heterocycles. The van der Waals surface area contributed by atoms with E-state index in [1.165, 1.54) is 0 Å². The van der Waals surface area contributed by atoms with Gasteiger partial charge in [0.1, 0.15) is 0 Å². The van der Waals surface area contributed by atoms with Crippen molar-refractivity contribution in [2.45, 2.75) is 0 Å². The number of aromatic nitrogens is 1. The smallest absolute Gasteiger partial charge is 0.0894 e. The number of pyridine rings is 1. The molecule has 2 heterocycles. The lowest BCUT2D eigenvalue weighted by Gasteiger charge is -2.15. The summed E-state index contributed by atoms with van der Waals surface area (Å²) in [6.45, 7) is 5.59. The number of nitrogens with zero attached hydrogens (tertiary/aromatic N) is 3. The van der Waals surface area contributed by atoms with E-state index in [1.807, 2.05) is 24.3 Å². The van der Waals surface area contributed by atoms with Crippen molar-refractivity contribution in [1.82, 2.24) is 14.8 Å². The van der Waals surface area contributed by atoms with Crippen molar-refractivity contribution in [3.8, 4) is 0 Å². The molecule has 0 N–H and O–H groups in total. The van der Waals surface area contributed by atoms with Crippen LogP contribution in [0, 0.1) is 0 Å². The van der Waals surface area contributed by atoms with E-state index in [2.05, 4.69) is 40.8 Å². The van der Waals surface area contributed by atoms with Gasteiger partial charge in [-0.2, -0.15) is 0 Å². The van der Waals surface area contributed by atoms with Crippen LogP contribution >= 0.6 is 0 Å². The zero-order valence-corrected chi connectivity index (χ0v) is 9.08. The molecule has 0 spiro atoms. The Morgan fingerprint density at radius 2 is 2.00 bits per heavy atom. The van der Waals surface area contributed by atoms with E-state index in [-0.39, 0.29) is 0 Å². The van der Waals surface area contributed by atoms with Gasteiger partial charge < -0.3 is 9.80 Å². The lowest BCUT2D eigenvalue weighted by Crippen LogP contribution is -2.21. The van der Waals surface area contributed by atoms with Crippen LogP contribution in [0.4, 0.5) is 0 Å². The summed E-state index contributed by atoms with van der Waals surface area (Å²) in [5.74, 6) is 0. The summed E-state index contributed by atoms with van der Waals surface area (Å²) in [4.78, 5) is 8.10. The normalized spacial score (nSPS) is 13.4. The molecule has 0 radical (unpaired) electrons. The molecule has 15 heavy (non-hydrogen) atoms. The van der Waals surface area contributed by atoms with Crippen molar-refractivity contribution < 1.29 is 0 Å². The zero-order chi connectivity index (χ0) is 10.9. The van der Waals surface area contributed by atoms with Crippen LogP contribution < -0.4 is 0 Å². The Kier molecular flexibility index (Phi) is 5.01. The fourth-order valence-corrected chi connectivity index (χ4v) is 1.19. The Hall–Kier alpha value is -1.77. The van der Waals surface area contributed by atoms with Crippen molar-refractivity contribution in [3.05, 3.63) is 55.6 Å². The van der Waals surface area contributed by atoms with Gasteiger partial charge in [0.2, 0.25) is 0 Å². The van der Waals surface area contributed by atoms with E-state index < -0.39 is 0 Å². The summed E-state index contributed by atoms with van der Waals surface area (Å²) < 4.78 is 0. The molecule has 0 aliphatic carbocycles. The van der Waals surface area contributed by atoms with Gasteiger partial charge in [-0.25, -0.2) is 0 Å². The summed E-state index contributed by atoms with van der Waals surface area (Å²) in [5, 5.41) is 0. The zero-order valence-electron chi connectivity index (χ0n) is 9.08. The van der Waals surface area contributed by atoms with E-state index in [1.54, 1.807) is 12.4 Å². The molecular formula is C12H17N3. The maximum atomic E-state index is 3.78. The summed E-state index contributed by atoms with van der Waals surface area (Å²) in [6, 6.07) is 5.72. The van der Waals surface area contributed by atoms with E-state index in [0.29, 0.717) is 0 Å². The molecule has 3 nitrogen and oxygen atoms in total. The minimum absolute atomic E-state index is 0.945. The Bertz CT molecular complexity index is 268. The Morgan fingerprint density at radius 3 is 2.33 bits per heavy atom. The van der Waals surface area contributed by atoms with Crippen LogP contribution in [0.25, 0.3) is 0 Å². The van der Waals surface area contributed by atoms with Crippen LogP contribution in [0.2, 0.25) is 0 Å². The van der Waals surface area contributed by atoms with Gasteiger partial charge in [0.15, 0.2) is 0 Å². The SMILES string of the molecule is C=CCN1C=CN(C)C1.c1ccncc1.